The first-order valence-corrected chi connectivity index (χ1v) is 7.89. The molecule has 8 heteroatoms. The van der Waals surface area contributed by atoms with Gasteiger partial charge in [-0.1, -0.05) is 0 Å². The summed E-state index contributed by atoms with van der Waals surface area (Å²) in [6.45, 7) is -0.142. The normalized spacial score (nSPS) is 8.86. The predicted molar refractivity (Wildman–Crippen MR) is 99.0 cm³/mol. The molecule has 0 saturated carbocycles. The van der Waals surface area contributed by atoms with Gasteiger partial charge in [0, 0.05) is 11.1 Å². The minimum atomic E-state index is -0.0708. The number of carbonyl (C=O) groups excluding carboxylic acids is 2. The predicted octanol–water partition coefficient (Wildman–Crippen LogP) is 2.82. The molecule has 0 N–H and O–H groups in total. The maximum absolute atomic E-state index is 10.5. The number of ether oxygens (including phenoxy) is 4. The molecule has 0 saturated heterocycles. The van der Waals surface area contributed by atoms with Gasteiger partial charge in [0.25, 0.3) is 0 Å². The van der Waals surface area contributed by atoms with Crippen molar-refractivity contribution < 1.29 is 28.5 Å². The average molecular weight is 382 g/mol. The molecule has 2 aromatic carbocycles. The highest BCUT2D eigenvalue weighted by Crippen LogP contribution is 2.28. The zero-order chi connectivity index (χ0) is 20.8. The molecule has 0 spiro atoms. The van der Waals surface area contributed by atoms with Gasteiger partial charge in [-0.25, -0.2) is 0 Å². The van der Waals surface area contributed by atoms with Crippen LogP contribution in [0.2, 0.25) is 0 Å². The van der Waals surface area contributed by atoms with Crippen molar-refractivity contribution in [2.75, 3.05) is 27.4 Å². The third kappa shape index (κ3) is 6.70. The minimum absolute atomic E-state index is 0.0708. The van der Waals surface area contributed by atoms with Gasteiger partial charge in [0.15, 0.2) is 36.2 Å². The Morgan fingerprint density at radius 1 is 0.750 bits per heavy atom. The number of benzene rings is 2. The standard InChI is InChI=1S/2C10H9NO3/c2*1-13-9-3-2-8(7-12)6-10(9)14-5-4-11/h2*2-3,6-7H,5H2,1H3. The van der Waals surface area contributed by atoms with Gasteiger partial charge in [0.1, 0.15) is 24.7 Å². The molecule has 0 aliphatic heterocycles. The summed E-state index contributed by atoms with van der Waals surface area (Å²) in [7, 11) is 2.99. The number of nitriles is 2. The lowest BCUT2D eigenvalue weighted by Crippen LogP contribution is -1.97. The van der Waals surface area contributed by atoms with E-state index < -0.39 is 0 Å². The van der Waals surface area contributed by atoms with E-state index in [1.165, 1.54) is 26.4 Å². The van der Waals surface area contributed by atoms with Gasteiger partial charge in [-0.2, -0.15) is 10.5 Å². The topological polar surface area (TPSA) is 119 Å². The molecule has 0 bridgehead atoms. The van der Waals surface area contributed by atoms with Crippen LogP contribution in [0.1, 0.15) is 20.7 Å². The van der Waals surface area contributed by atoms with Crippen molar-refractivity contribution in [3.05, 3.63) is 47.5 Å². The van der Waals surface area contributed by atoms with E-state index in [2.05, 4.69) is 0 Å². The smallest absolute Gasteiger partial charge is 0.174 e. The molecule has 8 nitrogen and oxygen atoms in total. The van der Waals surface area contributed by atoms with Crippen LogP contribution in [-0.4, -0.2) is 40.0 Å². The molecule has 2 aromatic rings. The van der Waals surface area contributed by atoms with Crippen LogP contribution in [0.4, 0.5) is 0 Å². The summed E-state index contributed by atoms with van der Waals surface area (Å²) >= 11 is 0. The van der Waals surface area contributed by atoms with Gasteiger partial charge >= 0.3 is 0 Å². The van der Waals surface area contributed by atoms with Crippen LogP contribution >= 0.6 is 0 Å². The van der Waals surface area contributed by atoms with Crippen molar-refractivity contribution in [3.8, 4) is 35.1 Å². The molecule has 28 heavy (non-hydrogen) atoms. The molecule has 0 atom stereocenters. The van der Waals surface area contributed by atoms with E-state index in [0.717, 1.165) is 0 Å². The maximum atomic E-state index is 10.5. The van der Waals surface area contributed by atoms with Crippen LogP contribution in [0.25, 0.3) is 0 Å². The van der Waals surface area contributed by atoms with Gasteiger partial charge in [0.05, 0.1) is 14.2 Å². The molecule has 2 rings (SSSR count). The largest absolute Gasteiger partial charge is 0.493 e. The van der Waals surface area contributed by atoms with E-state index in [9.17, 15) is 9.59 Å². The molecule has 0 heterocycles. The Labute approximate surface area is 162 Å². The van der Waals surface area contributed by atoms with E-state index in [-0.39, 0.29) is 13.2 Å². The number of hydrogen-bond donors (Lipinski definition) is 0. The van der Waals surface area contributed by atoms with Gasteiger partial charge in [-0.15, -0.1) is 0 Å². The summed E-state index contributed by atoms with van der Waals surface area (Å²) in [6.07, 6.45) is 1.41. The molecule has 0 amide bonds. The first-order valence-electron chi connectivity index (χ1n) is 7.89. The second kappa shape index (κ2) is 12.3. The summed E-state index contributed by atoms with van der Waals surface area (Å²) < 4.78 is 20.1. The van der Waals surface area contributed by atoms with Gasteiger partial charge in [-0.3, -0.25) is 9.59 Å². The molecule has 144 valence electrons. The fraction of sp³-hybridized carbons (Fsp3) is 0.200. The van der Waals surface area contributed by atoms with Crippen LogP contribution in [0.3, 0.4) is 0 Å². The molecular weight excluding hydrogens is 364 g/mol. The quantitative estimate of drug-likeness (QED) is 0.639. The molecule has 0 radical (unpaired) electrons. The summed E-state index contributed by atoms with van der Waals surface area (Å²) in [4.78, 5) is 20.9. The Morgan fingerprint density at radius 2 is 1.14 bits per heavy atom. The molecule has 0 aliphatic rings. The lowest BCUT2D eigenvalue weighted by molar-refractivity contribution is 0.111. The van der Waals surface area contributed by atoms with Crippen molar-refractivity contribution in [3.63, 3.8) is 0 Å². The van der Waals surface area contributed by atoms with E-state index >= 15 is 0 Å². The van der Waals surface area contributed by atoms with Crippen molar-refractivity contribution in [1.29, 1.82) is 10.5 Å². The van der Waals surface area contributed by atoms with Gasteiger partial charge in [-0.05, 0) is 36.4 Å². The Bertz CT molecular complexity index is 810. The van der Waals surface area contributed by atoms with E-state index in [0.29, 0.717) is 46.7 Å². The SMILES string of the molecule is COc1ccc(C=O)cc1OCC#N.COc1ccc(C=O)cc1OCC#N. The Balaban J connectivity index is 0.000000280. The number of carbonyl (C=O) groups is 2. The van der Waals surface area contributed by atoms with Gasteiger partial charge in [0.2, 0.25) is 0 Å². The van der Waals surface area contributed by atoms with Crippen molar-refractivity contribution >= 4 is 12.6 Å². The number of methoxy groups -OCH3 is 2. The highest BCUT2D eigenvalue weighted by atomic mass is 16.5. The first-order chi connectivity index (χ1) is 13.6. The van der Waals surface area contributed by atoms with Crippen molar-refractivity contribution in [2.45, 2.75) is 0 Å². The summed E-state index contributed by atoms with van der Waals surface area (Å²) in [5.41, 5.74) is 0.970. The van der Waals surface area contributed by atoms with Crippen LogP contribution in [0.5, 0.6) is 23.0 Å². The van der Waals surface area contributed by atoms with E-state index in [4.69, 9.17) is 29.5 Å². The Hall–Kier alpha value is -4.04. The summed E-state index contributed by atoms with van der Waals surface area (Å²) in [5, 5.41) is 16.7. The maximum Gasteiger partial charge on any atom is 0.174 e. The fourth-order valence-corrected chi connectivity index (χ4v) is 1.98. The van der Waals surface area contributed by atoms with E-state index in [1.807, 2.05) is 12.1 Å². The number of hydrogen-bond acceptors (Lipinski definition) is 8. The molecule has 0 aromatic heterocycles. The lowest BCUT2D eigenvalue weighted by atomic mass is 10.2. The molecule has 0 aliphatic carbocycles. The van der Waals surface area contributed by atoms with E-state index in [1.54, 1.807) is 24.3 Å². The molecule has 0 unspecified atom stereocenters. The van der Waals surface area contributed by atoms with Crippen LogP contribution in [-0.2, 0) is 0 Å². The highest BCUT2D eigenvalue weighted by Gasteiger charge is 2.05. The summed E-state index contributed by atoms with van der Waals surface area (Å²) in [5.74, 6) is 1.81. The minimum Gasteiger partial charge on any atom is -0.493 e. The molecule has 0 fully saturated rings. The van der Waals surface area contributed by atoms with Crippen LogP contribution in [0, 0.1) is 22.7 Å². The number of aldehydes is 2. The number of rotatable bonds is 8. The van der Waals surface area contributed by atoms with Crippen molar-refractivity contribution in [2.24, 2.45) is 0 Å². The van der Waals surface area contributed by atoms with Crippen molar-refractivity contribution in [1.82, 2.24) is 0 Å². The Morgan fingerprint density at radius 3 is 1.43 bits per heavy atom. The van der Waals surface area contributed by atoms with Crippen LogP contribution in [0.15, 0.2) is 36.4 Å². The van der Waals surface area contributed by atoms with Crippen LogP contribution < -0.4 is 18.9 Å². The molecular formula is C20H18N2O6. The fourth-order valence-electron chi connectivity index (χ4n) is 1.98. The third-order valence-electron chi connectivity index (χ3n) is 3.23. The van der Waals surface area contributed by atoms with Gasteiger partial charge < -0.3 is 18.9 Å². The second-order valence-corrected chi connectivity index (χ2v) is 4.95. The lowest BCUT2D eigenvalue weighted by Gasteiger charge is -2.07. The highest BCUT2D eigenvalue weighted by molar-refractivity contribution is 5.76. The second-order valence-electron chi connectivity index (χ2n) is 4.95. The monoisotopic (exact) mass is 382 g/mol. The third-order valence-corrected chi connectivity index (χ3v) is 3.23. The zero-order valence-electron chi connectivity index (χ0n) is 15.4. The average Bonchev–Trinajstić information content (AvgIpc) is 2.76. The first kappa shape index (κ1) is 22.0. The zero-order valence-corrected chi connectivity index (χ0v) is 15.4. The number of nitrogens with zero attached hydrogens (tertiary/aromatic N) is 2. The summed E-state index contributed by atoms with van der Waals surface area (Å²) in [6, 6.07) is 13.2. The Kier molecular flexibility index (Phi) is 9.69.